The van der Waals surface area contributed by atoms with E-state index in [0.29, 0.717) is 0 Å². The Hall–Kier alpha value is 4.12. The molecule has 69 valence electrons. The average Bonchev–Trinajstić information content (AvgIpc) is 0. The second-order valence-corrected chi connectivity index (χ2v) is 0. The van der Waals surface area contributed by atoms with Crippen molar-refractivity contribution in [1.29, 1.82) is 0 Å². The van der Waals surface area contributed by atoms with Crippen molar-refractivity contribution in [3.8, 4) is 0 Å². The molecule has 0 unspecified atom stereocenters. The molecule has 0 heterocycles. The van der Waals surface area contributed by atoms with Crippen molar-refractivity contribution in [2.45, 2.75) is 0 Å². The molecular formula is Cu5Yb. The van der Waals surface area contributed by atoms with Crippen LogP contribution in [0.25, 0.3) is 0 Å². The van der Waals surface area contributed by atoms with Crippen molar-refractivity contribution in [3.63, 3.8) is 0 Å². The van der Waals surface area contributed by atoms with Crippen molar-refractivity contribution in [3.05, 3.63) is 0 Å². The van der Waals surface area contributed by atoms with Gasteiger partial charge in [-0.15, -0.1) is 0 Å². The Morgan fingerprint density at radius 2 is 0.333 bits per heavy atom. The van der Waals surface area contributed by atoms with Crippen molar-refractivity contribution in [2.24, 2.45) is 0 Å². The van der Waals surface area contributed by atoms with Crippen molar-refractivity contribution >= 4 is 0 Å². The first kappa shape index (κ1) is 49.6. The number of hydrogen-bond donors (Lipinski definition) is 0. The molecular weight excluding hydrogens is 491 g/mol. The summed E-state index contributed by atoms with van der Waals surface area (Å²) in [6, 6.07) is 0. The van der Waals surface area contributed by atoms with Crippen LogP contribution < -0.4 is 0 Å². The van der Waals surface area contributed by atoms with E-state index in [1.165, 1.54) is 0 Å². The molecule has 0 fully saturated rings. The van der Waals surface area contributed by atoms with Crippen LogP contribution in [0.15, 0.2) is 0 Å². The third kappa shape index (κ3) is 24.3. The van der Waals surface area contributed by atoms with Crippen LogP contribution in [0.3, 0.4) is 0 Å². The SMILES string of the molecule is [Cu].[Cu].[Cu].[Cu].[Cu].[Yb]. The maximum absolute atomic E-state index is 0. The minimum absolute atomic E-state index is 0. The maximum Gasteiger partial charge on any atom is 0 e. The molecule has 6 heteroatoms. The van der Waals surface area contributed by atoms with Gasteiger partial charge in [0.15, 0.2) is 0 Å². The van der Waals surface area contributed by atoms with Gasteiger partial charge < -0.3 is 0 Å². The molecule has 0 N–H and O–H groups in total. The Morgan fingerprint density at radius 1 is 0.333 bits per heavy atom. The molecule has 0 aliphatic carbocycles. The van der Waals surface area contributed by atoms with Crippen LogP contribution in [0.1, 0.15) is 0 Å². The zero-order chi connectivity index (χ0) is 0. The molecule has 6 heavy (non-hydrogen) atoms. The Morgan fingerprint density at radius 3 is 0.333 bits per heavy atom. The second kappa shape index (κ2) is 35.4. The molecule has 0 rings (SSSR count). The minimum atomic E-state index is 0. The minimum Gasteiger partial charge on any atom is 0 e. The monoisotopic (exact) mass is 489 g/mol. The second-order valence-electron chi connectivity index (χ2n) is 0. The van der Waals surface area contributed by atoms with Gasteiger partial charge in [-0.25, -0.2) is 0 Å². The Labute approximate surface area is 129 Å². The van der Waals surface area contributed by atoms with Crippen LogP contribution in [0, 0.1) is 46.9 Å². The van der Waals surface area contributed by atoms with Gasteiger partial charge in [-0.1, -0.05) is 0 Å². The van der Waals surface area contributed by atoms with E-state index in [4.69, 9.17) is 0 Å². The Bertz CT molecular complexity index is 3.90. The van der Waals surface area contributed by atoms with E-state index in [9.17, 15) is 0 Å². The van der Waals surface area contributed by atoms with Gasteiger partial charge >= 0.3 is 0 Å². The molecule has 0 aromatic heterocycles. The summed E-state index contributed by atoms with van der Waals surface area (Å²) in [6.07, 6.45) is 0. The third-order valence-corrected chi connectivity index (χ3v) is 0. The van der Waals surface area contributed by atoms with E-state index in [1.54, 1.807) is 0 Å². The molecule has 0 saturated heterocycles. The van der Waals surface area contributed by atoms with E-state index in [0.717, 1.165) is 0 Å². The largest absolute Gasteiger partial charge is 0 e. The molecule has 0 saturated carbocycles. The Kier molecular flexibility index (Phi) is 293. The quantitative estimate of drug-likeness (QED) is 0.419. The predicted molar refractivity (Wildman–Crippen MR) is 0 cm³/mol. The van der Waals surface area contributed by atoms with Gasteiger partial charge in [-0.05, 0) is 0 Å². The van der Waals surface area contributed by atoms with E-state index in [2.05, 4.69) is 0 Å². The predicted octanol–water partition coefficient (Wildman–Crippen LogP) is -0.0125. The smallest absolute Gasteiger partial charge is 0 e. The number of hydrogen-bond acceptors (Lipinski definition) is 0. The Balaban J connectivity index is 0. The van der Waals surface area contributed by atoms with Crippen LogP contribution >= 0.6 is 0 Å². The molecule has 0 nitrogen and oxygen atoms in total. The van der Waals surface area contributed by atoms with E-state index in [-0.39, 0.29) is 132 Å². The summed E-state index contributed by atoms with van der Waals surface area (Å²) in [6.45, 7) is 0. The fourth-order valence-electron chi connectivity index (χ4n) is 0. The van der Waals surface area contributed by atoms with Crippen LogP contribution in [-0.4, -0.2) is 0 Å². The normalized spacial score (nSPS) is 0. The van der Waals surface area contributed by atoms with Gasteiger partial charge in [-0.3, -0.25) is 0 Å². The third-order valence-electron chi connectivity index (χ3n) is 0. The summed E-state index contributed by atoms with van der Waals surface area (Å²) in [5.74, 6) is 0. The summed E-state index contributed by atoms with van der Waals surface area (Å²) >= 11 is 0. The molecule has 0 bridgehead atoms. The van der Waals surface area contributed by atoms with Gasteiger partial charge in [0.2, 0.25) is 0 Å². The number of rotatable bonds is 0. The zero-order valence-corrected chi connectivity index (χ0v) is 8.20. The summed E-state index contributed by atoms with van der Waals surface area (Å²) in [7, 11) is 0. The van der Waals surface area contributed by atoms with Gasteiger partial charge in [-0.2, -0.15) is 0 Å². The first-order valence-corrected chi connectivity index (χ1v) is 0. The fraction of sp³-hybridized carbons (Fsp3) is 0. The molecule has 0 amide bonds. The summed E-state index contributed by atoms with van der Waals surface area (Å²) < 4.78 is 0. The first-order valence-electron chi connectivity index (χ1n) is 0. The van der Waals surface area contributed by atoms with Gasteiger partial charge in [0.25, 0.3) is 0 Å². The molecule has 0 aromatic rings. The van der Waals surface area contributed by atoms with E-state index >= 15 is 0 Å². The van der Waals surface area contributed by atoms with Crippen LogP contribution in [-0.2, 0) is 85.3 Å². The first-order chi connectivity index (χ1) is 0. The molecule has 0 spiro atoms. The molecule has 0 atom stereocenters. The van der Waals surface area contributed by atoms with Crippen molar-refractivity contribution in [2.75, 3.05) is 0 Å². The van der Waals surface area contributed by atoms with Gasteiger partial charge in [0, 0.05) is 132 Å². The van der Waals surface area contributed by atoms with E-state index in [1.807, 2.05) is 0 Å². The molecule has 0 aliphatic rings. The standard InChI is InChI=1S/5Cu.Yb. The van der Waals surface area contributed by atoms with Crippen molar-refractivity contribution < 1.29 is 132 Å². The van der Waals surface area contributed by atoms with Gasteiger partial charge in [0.1, 0.15) is 0 Å². The van der Waals surface area contributed by atoms with Crippen LogP contribution in [0.4, 0.5) is 0 Å². The maximum atomic E-state index is 0. The zero-order valence-electron chi connectivity index (χ0n) is 1.77. The topological polar surface area (TPSA) is 0 Å². The van der Waals surface area contributed by atoms with Crippen molar-refractivity contribution in [1.82, 2.24) is 0 Å². The molecule has 0 aromatic carbocycles. The van der Waals surface area contributed by atoms with Crippen LogP contribution in [0.5, 0.6) is 0 Å². The fourth-order valence-corrected chi connectivity index (χ4v) is 0. The average molecular weight is 491 g/mol. The van der Waals surface area contributed by atoms with E-state index < -0.39 is 0 Å². The summed E-state index contributed by atoms with van der Waals surface area (Å²) in [5, 5.41) is 0. The summed E-state index contributed by atoms with van der Waals surface area (Å²) in [5.41, 5.74) is 0. The molecule has 5 radical (unpaired) electrons. The molecule has 0 aliphatic heterocycles. The van der Waals surface area contributed by atoms with Crippen LogP contribution in [0.2, 0.25) is 0 Å². The van der Waals surface area contributed by atoms with Gasteiger partial charge in [0.05, 0.1) is 0 Å². The summed E-state index contributed by atoms with van der Waals surface area (Å²) in [4.78, 5) is 0.